The number of carbonyl (C=O) groups is 1. The molecule has 0 saturated carbocycles. The summed E-state index contributed by atoms with van der Waals surface area (Å²) < 4.78 is 51.0. The minimum atomic E-state index is -4.18. The van der Waals surface area contributed by atoms with E-state index in [-0.39, 0.29) is 45.2 Å². The molecule has 202 valence electrons. The number of halogens is 3. The molecular formula is C26H27Cl2FN4O4S. The average Bonchev–Trinajstić information content (AvgIpc) is 3.24. The van der Waals surface area contributed by atoms with Gasteiger partial charge >= 0.3 is 0 Å². The SMILES string of the molecule is CCn1cc(S(=O)(=O)N2C[C@@H]([C@H](C)CC(N)=O)Oc3ccc(/C=C(\C)c4c(F)cccc4Cl)cc32)c(Cl)n1. The summed E-state index contributed by atoms with van der Waals surface area (Å²) in [7, 11) is -4.18. The third kappa shape index (κ3) is 5.52. The maximum Gasteiger partial charge on any atom is 0.269 e. The number of nitrogens with zero attached hydrogens (tertiary/aromatic N) is 3. The molecule has 2 atom stereocenters. The normalized spacial score (nSPS) is 16.6. The van der Waals surface area contributed by atoms with Crippen molar-refractivity contribution < 1.29 is 22.3 Å². The van der Waals surface area contributed by atoms with Crippen LogP contribution in [0.5, 0.6) is 5.75 Å². The van der Waals surface area contributed by atoms with Crippen molar-refractivity contribution in [2.75, 3.05) is 10.8 Å². The summed E-state index contributed by atoms with van der Waals surface area (Å²) in [5.41, 5.74) is 7.07. The highest BCUT2D eigenvalue weighted by atomic mass is 35.5. The van der Waals surface area contributed by atoms with Crippen molar-refractivity contribution in [1.82, 2.24) is 9.78 Å². The third-order valence-electron chi connectivity index (χ3n) is 6.35. The van der Waals surface area contributed by atoms with Gasteiger partial charge in [0.15, 0.2) is 5.15 Å². The summed E-state index contributed by atoms with van der Waals surface area (Å²) in [5.74, 6) is -1.04. The minimum absolute atomic E-state index is 0.0197. The first-order valence-corrected chi connectivity index (χ1v) is 14.1. The van der Waals surface area contributed by atoms with Gasteiger partial charge < -0.3 is 10.5 Å². The molecule has 0 spiro atoms. The quantitative estimate of drug-likeness (QED) is 0.360. The van der Waals surface area contributed by atoms with Crippen LogP contribution >= 0.6 is 23.2 Å². The first kappa shape index (κ1) is 27.9. The number of rotatable bonds is 8. The Morgan fingerprint density at radius 2 is 2.05 bits per heavy atom. The van der Waals surface area contributed by atoms with E-state index in [1.54, 1.807) is 44.2 Å². The molecule has 1 aliphatic heterocycles. The van der Waals surface area contributed by atoms with Gasteiger partial charge in [0.2, 0.25) is 5.91 Å². The number of carbonyl (C=O) groups excluding carboxylic acids is 1. The standard InChI is InChI=1S/C26H27Cl2FN4O4S/c1-4-32-14-23(26(28)31-32)38(35,36)33-13-22(15(2)11-24(30)34)37-21-9-8-17(12-20(21)33)10-16(3)25-18(27)6-5-7-19(25)29/h5-10,12,14-15,22H,4,11,13H2,1-3H3,(H2,30,34)/b16-10+/t15-,22+/m1/s1. The number of sulfonamides is 1. The van der Waals surface area contributed by atoms with Gasteiger partial charge in [0, 0.05) is 30.6 Å². The van der Waals surface area contributed by atoms with Crippen molar-refractivity contribution in [3.63, 3.8) is 0 Å². The zero-order valence-electron chi connectivity index (χ0n) is 21.0. The molecular weight excluding hydrogens is 554 g/mol. The summed E-state index contributed by atoms with van der Waals surface area (Å²) in [6.45, 7) is 5.65. The number of fused-ring (bicyclic) bond motifs is 1. The Labute approximate surface area is 230 Å². The van der Waals surface area contributed by atoms with Crippen molar-refractivity contribution in [3.8, 4) is 5.75 Å². The number of ether oxygens (including phenoxy) is 1. The second-order valence-electron chi connectivity index (χ2n) is 9.13. The fourth-order valence-corrected chi connectivity index (χ4v) is 6.62. The average molecular weight is 581 g/mol. The van der Waals surface area contributed by atoms with Crippen LogP contribution in [0.25, 0.3) is 11.6 Å². The van der Waals surface area contributed by atoms with Gasteiger partial charge in [-0.05, 0) is 49.2 Å². The van der Waals surface area contributed by atoms with Crippen LogP contribution in [0.1, 0.15) is 38.3 Å². The molecule has 0 aliphatic carbocycles. The fourth-order valence-electron chi connectivity index (χ4n) is 4.38. The summed E-state index contributed by atoms with van der Waals surface area (Å²) >= 11 is 12.5. The van der Waals surface area contributed by atoms with Gasteiger partial charge in [-0.25, -0.2) is 12.8 Å². The van der Waals surface area contributed by atoms with Gasteiger partial charge in [-0.15, -0.1) is 0 Å². The molecule has 1 amide bonds. The third-order valence-corrected chi connectivity index (χ3v) is 8.84. The predicted octanol–water partition coefficient (Wildman–Crippen LogP) is 5.38. The van der Waals surface area contributed by atoms with E-state index in [1.807, 2.05) is 6.92 Å². The summed E-state index contributed by atoms with van der Waals surface area (Å²) in [6.07, 6.45) is 2.46. The van der Waals surface area contributed by atoms with Crippen molar-refractivity contribution in [2.45, 2.75) is 44.7 Å². The largest absolute Gasteiger partial charge is 0.486 e. The monoisotopic (exact) mass is 580 g/mol. The molecule has 8 nitrogen and oxygen atoms in total. The second kappa shape index (κ2) is 11.0. The number of amides is 1. The lowest BCUT2D eigenvalue weighted by Gasteiger charge is -2.37. The number of benzene rings is 2. The molecule has 4 rings (SSSR count). The summed E-state index contributed by atoms with van der Waals surface area (Å²) in [6, 6.07) is 9.44. The van der Waals surface area contributed by atoms with Gasteiger partial charge in [0.25, 0.3) is 10.0 Å². The Hall–Kier alpha value is -3.08. The van der Waals surface area contributed by atoms with E-state index >= 15 is 0 Å². The second-order valence-corrected chi connectivity index (χ2v) is 11.7. The zero-order valence-corrected chi connectivity index (χ0v) is 23.3. The summed E-state index contributed by atoms with van der Waals surface area (Å²) in [5, 5.41) is 4.18. The first-order valence-electron chi connectivity index (χ1n) is 11.9. The molecule has 12 heteroatoms. The number of aryl methyl sites for hydroxylation is 1. The molecule has 2 heterocycles. The highest BCUT2D eigenvalue weighted by molar-refractivity contribution is 7.93. The number of aromatic nitrogens is 2. The molecule has 1 aromatic heterocycles. The van der Waals surface area contributed by atoms with Crippen LogP contribution in [0, 0.1) is 11.7 Å². The van der Waals surface area contributed by atoms with Gasteiger partial charge in [0.1, 0.15) is 22.6 Å². The van der Waals surface area contributed by atoms with Crippen LogP contribution in [0.4, 0.5) is 10.1 Å². The summed E-state index contributed by atoms with van der Waals surface area (Å²) in [4.78, 5) is 11.4. The number of anilines is 1. The van der Waals surface area contributed by atoms with E-state index in [9.17, 15) is 17.6 Å². The number of allylic oxidation sites excluding steroid dienone is 1. The molecule has 2 aromatic carbocycles. The molecule has 3 aromatic rings. The lowest BCUT2D eigenvalue weighted by Crippen LogP contribution is -2.46. The molecule has 0 radical (unpaired) electrons. The highest BCUT2D eigenvalue weighted by Gasteiger charge is 2.39. The number of primary amides is 1. The lowest BCUT2D eigenvalue weighted by atomic mass is 9.98. The van der Waals surface area contributed by atoms with E-state index in [2.05, 4.69) is 5.10 Å². The molecule has 0 saturated heterocycles. The lowest BCUT2D eigenvalue weighted by molar-refractivity contribution is -0.119. The van der Waals surface area contributed by atoms with Gasteiger partial charge in [-0.3, -0.25) is 13.8 Å². The van der Waals surface area contributed by atoms with Gasteiger partial charge in [-0.1, -0.05) is 48.3 Å². The Balaban J connectivity index is 1.82. The van der Waals surface area contributed by atoms with E-state index in [0.29, 0.717) is 23.4 Å². The predicted molar refractivity (Wildman–Crippen MR) is 146 cm³/mol. The van der Waals surface area contributed by atoms with Crippen LogP contribution in [0.15, 0.2) is 47.5 Å². The molecule has 2 N–H and O–H groups in total. The molecule has 38 heavy (non-hydrogen) atoms. The Bertz CT molecular complexity index is 1500. The molecule has 0 fully saturated rings. The maximum absolute atomic E-state index is 14.5. The van der Waals surface area contributed by atoms with Crippen molar-refractivity contribution >= 4 is 56.5 Å². The molecule has 0 bridgehead atoms. The Morgan fingerprint density at radius 3 is 2.68 bits per heavy atom. The van der Waals surface area contributed by atoms with Crippen molar-refractivity contribution in [3.05, 3.63) is 69.7 Å². The number of hydrogen-bond acceptors (Lipinski definition) is 5. The number of hydrogen-bond donors (Lipinski definition) is 1. The van der Waals surface area contributed by atoms with E-state index in [0.717, 1.165) is 0 Å². The van der Waals surface area contributed by atoms with Crippen molar-refractivity contribution in [1.29, 1.82) is 0 Å². The molecule has 1 aliphatic rings. The highest BCUT2D eigenvalue weighted by Crippen LogP contribution is 2.41. The first-order chi connectivity index (χ1) is 17.9. The van der Waals surface area contributed by atoms with Crippen LogP contribution in [-0.4, -0.2) is 36.8 Å². The smallest absolute Gasteiger partial charge is 0.269 e. The van der Waals surface area contributed by atoms with Crippen LogP contribution in [0.2, 0.25) is 10.2 Å². The van der Waals surface area contributed by atoms with E-state index in [4.69, 9.17) is 33.7 Å². The van der Waals surface area contributed by atoms with Gasteiger partial charge in [-0.2, -0.15) is 5.10 Å². The van der Waals surface area contributed by atoms with E-state index < -0.39 is 27.9 Å². The maximum atomic E-state index is 14.5. The Kier molecular flexibility index (Phi) is 8.06. The minimum Gasteiger partial charge on any atom is -0.486 e. The zero-order chi connectivity index (χ0) is 27.8. The van der Waals surface area contributed by atoms with Crippen LogP contribution in [0.3, 0.4) is 0 Å². The fraction of sp³-hybridized carbons (Fsp3) is 0.308. The van der Waals surface area contributed by atoms with Gasteiger partial charge in [0.05, 0.1) is 17.3 Å². The van der Waals surface area contributed by atoms with Crippen LogP contribution < -0.4 is 14.8 Å². The van der Waals surface area contributed by atoms with E-state index in [1.165, 1.54) is 27.3 Å². The molecule has 0 unspecified atom stereocenters. The topological polar surface area (TPSA) is 108 Å². The Morgan fingerprint density at radius 1 is 1.32 bits per heavy atom. The van der Waals surface area contributed by atoms with Crippen molar-refractivity contribution in [2.24, 2.45) is 11.7 Å². The number of nitrogens with two attached hydrogens (primary N) is 1. The van der Waals surface area contributed by atoms with Crippen LogP contribution in [-0.2, 0) is 21.4 Å².